The van der Waals surface area contributed by atoms with Gasteiger partial charge in [-0.05, 0) is 70.8 Å². The smallest absolute Gasteiger partial charge is 0.316 e. The maximum atomic E-state index is 5.35. The Morgan fingerprint density at radius 2 is 0.510 bits per heavy atom. The highest BCUT2D eigenvalue weighted by molar-refractivity contribution is 5.99. The molecule has 4 aromatic carbocycles. The molecule has 230 valence electrons. The van der Waals surface area contributed by atoms with Crippen molar-refractivity contribution in [2.75, 3.05) is 0 Å². The van der Waals surface area contributed by atoms with Crippen LogP contribution in [0.25, 0.3) is 90.9 Å². The van der Waals surface area contributed by atoms with Gasteiger partial charge in [-0.1, -0.05) is 121 Å². The molecule has 2 aliphatic rings. The summed E-state index contributed by atoms with van der Waals surface area (Å²) in [5.41, 5.74) is 16.2. The van der Waals surface area contributed by atoms with Crippen LogP contribution in [-0.2, 0) is 0 Å². The Hall–Kier alpha value is -5.75. The van der Waals surface area contributed by atoms with Crippen LogP contribution in [0.4, 0.5) is 0 Å². The van der Waals surface area contributed by atoms with Gasteiger partial charge in [-0.15, -0.1) is 0 Å². The van der Waals surface area contributed by atoms with Crippen LogP contribution >= 0.6 is 0 Å². The highest BCUT2D eigenvalue weighted by atomic mass is 24.3. The van der Waals surface area contributed by atoms with E-state index in [1.807, 2.05) is 24.3 Å². The van der Waals surface area contributed by atoms with Gasteiger partial charge >= 0.3 is 23.1 Å². The summed E-state index contributed by atoms with van der Waals surface area (Å²) in [6.07, 6.45) is 8.54. The molecule has 9 rings (SSSR count). The van der Waals surface area contributed by atoms with Gasteiger partial charge in [0.15, 0.2) is 0 Å². The van der Waals surface area contributed by atoms with Crippen molar-refractivity contribution in [1.29, 1.82) is 0 Å². The maximum absolute atomic E-state index is 5.35. The van der Waals surface area contributed by atoms with Gasteiger partial charge in [0, 0.05) is 44.3 Å². The Balaban J connectivity index is 0.00000348. The molecule has 4 nitrogen and oxygen atoms in total. The van der Waals surface area contributed by atoms with E-state index in [0.29, 0.717) is 0 Å². The Kier molecular flexibility index (Phi) is 8.13. The minimum absolute atomic E-state index is 0. The number of aromatic nitrogens is 4. The van der Waals surface area contributed by atoms with E-state index in [9.17, 15) is 0 Å². The quantitative estimate of drug-likeness (QED) is 0.188. The summed E-state index contributed by atoms with van der Waals surface area (Å²) in [7, 11) is 0. The molecule has 0 unspecified atom stereocenters. The van der Waals surface area contributed by atoms with Crippen LogP contribution in [0.5, 0.6) is 0 Å². The average Bonchev–Trinajstić information content (AvgIpc) is 3.98. The molecule has 3 aromatic heterocycles. The molecule has 2 aliphatic heterocycles. The van der Waals surface area contributed by atoms with Gasteiger partial charge in [0.05, 0.1) is 22.8 Å². The number of aromatic amines is 2. The normalized spacial score (nSPS) is 11.8. The highest BCUT2D eigenvalue weighted by Crippen LogP contribution is 2.38. The first-order valence-corrected chi connectivity index (χ1v) is 16.2. The van der Waals surface area contributed by atoms with Crippen molar-refractivity contribution in [2.24, 2.45) is 0 Å². The first-order valence-electron chi connectivity index (χ1n) is 16.2. The van der Waals surface area contributed by atoms with Crippen molar-refractivity contribution in [3.63, 3.8) is 0 Å². The zero-order valence-electron chi connectivity index (χ0n) is 26.1. The van der Waals surface area contributed by atoms with Gasteiger partial charge in [0.2, 0.25) is 0 Å². The van der Waals surface area contributed by atoms with Gasteiger partial charge in [0.25, 0.3) is 0 Å². The van der Waals surface area contributed by atoms with E-state index in [1.54, 1.807) is 0 Å². The third-order valence-corrected chi connectivity index (χ3v) is 9.00. The van der Waals surface area contributed by atoms with E-state index in [-0.39, 0.29) is 23.1 Å². The van der Waals surface area contributed by atoms with Gasteiger partial charge < -0.3 is 9.97 Å². The van der Waals surface area contributed by atoms with Crippen molar-refractivity contribution >= 4 is 69.4 Å². The number of nitrogens with one attached hydrogen (secondary N) is 2. The average molecular weight is 641 g/mol. The summed E-state index contributed by atoms with van der Waals surface area (Å²) in [6.45, 7) is 0. The van der Waals surface area contributed by atoms with Gasteiger partial charge in [-0.25, -0.2) is 9.97 Å². The zero-order chi connectivity index (χ0) is 31.9. The summed E-state index contributed by atoms with van der Waals surface area (Å²) in [6, 6.07) is 50.7. The van der Waals surface area contributed by atoms with Gasteiger partial charge in [0.1, 0.15) is 0 Å². The number of rotatable bonds is 4. The fourth-order valence-electron chi connectivity index (χ4n) is 6.84. The van der Waals surface area contributed by atoms with Crippen molar-refractivity contribution in [2.45, 2.75) is 0 Å². The van der Waals surface area contributed by atoms with E-state index in [4.69, 9.17) is 9.97 Å². The zero-order valence-corrected chi connectivity index (χ0v) is 26.1. The SMILES string of the molecule is C1=Cc2nc1c(-c1ccccc1)c1ccc([nH]1)c(-c1ccccc1)c1nc(c(-c3ccccc3)c3ccc([nH]3)c2-c2ccccc2)C=C1.[MgH2]. The second-order valence-corrected chi connectivity index (χ2v) is 12.0. The van der Waals surface area contributed by atoms with Crippen LogP contribution in [0, 0.1) is 0 Å². The van der Waals surface area contributed by atoms with E-state index >= 15 is 0 Å². The third kappa shape index (κ3) is 5.63. The molecule has 0 aliphatic carbocycles. The lowest BCUT2D eigenvalue weighted by Crippen LogP contribution is -1.89. The summed E-state index contributed by atoms with van der Waals surface area (Å²) in [5, 5.41) is 0. The summed E-state index contributed by atoms with van der Waals surface area (Å²) in [4.78, 5) is 18.3. The number of nitrogens with zero attached hydrogens (tertiary/aromatic N) is 2. The van der Waals surface area contributed by atoms with Gasteiger partial charge in [-0.2, -0.15) is 0 Å². The molecule has 5 heteroatoms. The molecular formula is C44H32MgN4. The Bertz CT molecular complexity index is 2180. The lowest BCUT2D eigenvalue weighted by atomic mass is 10.0. The monoisotopic (exact) mass is 640 g/mol. The van der Waals surface area contributed by atoms with E-state index in [2.05, 4.69) is 156 Å². The second-order valence-electron chi connectivity index (χ2n) is 12.0. The standard InChI is InChI=1S/C44H30N4.Mg.2H/c1-5-13-29(14-6-1)41-33-21-23-35(45-33)42(30-15-7-2-8-16-30)37-25-27-39(47-37)44(32-19-11-4-12-20-32)40-28-26-38(48-40)43(31-17-9-3-10-18-31)36-24-22-34(41)46-36;;;/h1-28,45,48H;;;. The number of H-pyrrole nitrogens is 2. The minimum atomic E-state index is 0. The first kappa shape index (κ1) is 30.6. The fourth-order valence-corrected chi connectivity index (χ4v) is 6.84. The van der Waals surface area contributed by atoms with Crippen molar-refractivity contribution < 1.29 is 0 Å². The maximum Gasteiger partial charge on any atom is 0.316 e. The minimum Gasteiger partial charge on any atom is -0.354 e. The molecule has 0 radical (unpaired) electrons. The van der Waals surface area contributed by atoms with Crippen LogP contribution in [0.2, 0.25) is 0 Å². The predicted octanol–water partition coefficient (Wildman–Crippen LogP) is 10.4. The molecule has 0 spiro atoms. The molecule has 0 atom stereocenters. The molecule has 2 N–H and O–H groups in total. The lowest BCUT2D eigenvalue weighted by molar-refractivity contribution is 1.31. The Morgan fingerprint density at radius 1 is 0.286 bits per heavy atom. The number of hydrogen-bond acceptors (Lipinski definition) is 2. The molecule has 7 aromatic rings. The summed E-state index contributed by atoms with van der Waals surface area (Å²) >= 11 is 0. The molecule has 8 bridgehead atoms. The first-order chi connectivity index (χ1) is 23.8. The van der Waals surface area contributed by atoms with Crippen molar-refractivity contribution in [1.82, 2.24) is 19.9 Å². The van der Waals surface area contributed by atoms with Crippen LogP contribution in [0.1, 0.15) is 22.8 Å². The molecule has 49 heavy (non-hydrogen) atoms. The Labute approximate surface area is 300 Å². The van der Waals surface area contributed by atoms with E-state index < -0.39 is 0 Å². The molecule has 0 saturated heterocycles. The molecule has 5 heterocycles. The van der Waals surface area contributed by atoms with Gasteiger partial charge in [-0.3, -0.25) is 0 Å². The number of hydrogen-bond donors (Lipinski definition) is 2. The van der Waals surface area contributed by atoms with E-state index in [0.717, 1.165) is 89.4 Å². The molecule has 0 amide bonds. The largest absolute Gasteiger partial charge is 0.354 e. The topological polar surface area (TPSA) is 57.4 Å². The van der Waals surface area contributed by atoms with E-state index in [1.165, 1.54) is 0 Å². The third-order valence-electron chi connectivity index (χ3n) is 9.00. The summed E-state index contributed by atoms with van der Waals surface area (Å²) < 4.78 is 0. The second kappa shape index (κ2) is 13.0. The molecule has 0 fully saturated rings. The highest BCUT2D eigenvalue weighted by Gasteiger charge is 2.18. The van der Waals surface area contributed by atoms with Crippen molar-refractivity contribution in [3.05, 3.63) is 168 Å². The molecule has 0 saturated carbocycles. The van der Waals surface area contributed by atoms with Crippen LogP contribution < -0.4 is 0 Å². The van der Waals surface area contributed by atoms with Crippen molar-refractivity contribution in [3.8, 4) is 44.5 Å². The number of fused-ring (bicyclic) bond motifs is 8. The van der Waals surface area contributed by atoms with Crippen LogP contribution in [-0.4, -0.2) is 43.0 Å². The number of benzene rings is 4. The van der Waals surface area contributed by atoms with Crippen LogP contribution in [0.15, 0.2) is 146 Å². The Morgan fingerprint density at radius 3 is 0.735 bits per heavy atom. The summed E-state index contributed by atoms with van der Waals surface area (Å²) in [5.74, 6) is 0. The fraction of sp³-hybridized carbons (Fsp3) is 0. The predicted molar refractivity (Wildman–Crippen MR) is 209 cm³/mol. The van der Waals surface area contributed by atoms with Crippen LogP contribution in [0.3, 0.4) is 0 Å². The molecular weight excluding hydrogens is 609 g/mol. The lowest BCUT2D eigenvalue weighted by Gasteiger charge is -2.07.